The average Bonchev–Trinajstić information content (AvgIpc) is 2.94. The summed E-state index contributed by atoms with van der Waals surface area (Å²) in [5.74, 6) is -0.153. The minimum atomic E-state index is -0.153. The molecule has 0 fully saturated rings. The van der Waals surface area contributed by atoms with E-state index in [2.05, 4.69) is 15.4 Å². The van der Waals surface area contributed by atoms with Crippen LogP contribution in [0.25, 0.3) is 0 Å². The van der Waals surface area contributed by atoms with Gasteiger partial charge in [-0.25, -0.2) is 4.98 Å². The Morgan fingerprint density at radius 2 is 2.39 bits per heavy atom. The summed E-state index contributed by atoms with van der Waals surface area (Å²) >= 11 is 1.18. The van der Waals surface area contributed by atoms with E-state index >= 15 is 0 Å². The number of thiazole rings is 1. The Labute approximate surface area is 109 Å². The molecule has 0 radical (unpaired) electrons. The summed E-state index contributed by atoms with van der Waals surface area (Å²) in [5.41, 5.74) is 6.58. The Bertz CT molecular complexity index is 547. The van der Waals surface area contributed by atoms with Gasteiger partial charge in [0.25, 0.3) is 5.91 Å². The molecule has 0 saturated heterocycles. The number of hydrogen-bond donors (Lipinski definition) is 2. The van der Waals surface area contributed by atoms with E-state index in [0.717, 1.165) is 5.56 Å². The summed E-state index contributed by atoms with van der Waals surface area (Å²) in [6.07, 6.45) is 5.22. The Kier molecular flexibility index (Phi) is 3.61. The Balaban J connectivity index is 1.90. The number of aryl methyl sites for hydroxylation is 1. The van der Waals surface area contributed by atoms with Gasteiger partial charge in [-0.3, -0.25) is 9.48 Å². The number of nitrogen functional groups attached to an aromatic ring is 1. The SMILES string of the molecule is Cc1cnn(C(C)CNC(=O)c2cnc(N)s2)c1. The summed E-state index contributed by atoms with van der Waals surface area (Å²) in [6, 6.07) is 0.105. The number of nitrogens with zero attached hydrogens (tertiary/aromatic N) is 3. The van der Waals surface area contributed by atoms with E-state index in [1.54, 1.807) is 6.20 Å². The van der Waals surface area contributed by atoms with E-state index < -0.39 is 0 Å². The molecule has 96 valence electrons. The fourth-order valence-electron chi connectivity index (χ4n) is 1.49. The first-order chi connectivity index (χ1) is 8.56. The second-order valence-corrected chi connectivity index (χ2v) is 5.18. The monoisotopic (exact) mass is 265 g/mol. The first-order valence-corrected chi connectivity index (χ1v) is 6.38. The first-order valence-electron chi connectivity index (χ1n) is 5.56. The molecule has 0 aliphatic rings. The van der Waals surface area contributed by atoms with Gasteiger partial charge in [0.1, 0.15) is 4.88 Å². The molecule has 0 aromatic carbocycles. The maximum Gasteiger partial charge on any atom is 0.263 e. The van der Waals surface area contributed by atoms with E-state index in [1.165, 1.54) is 17.5 Å². The van der Waals surface area contributed by atoms with Crippen molar-refractivity contribution >= 4 is 22.4 Å². The van der Waals surface area contributed by atoms with Gasteiger partial charge in [0, 0.05) is 12.7 Å². The van der Waals surface area contributed by atoms with Crippen LogP contribution in [0, 0.1) is 6.92 Å². The van der Waals surface area contributed by atoms with Crippen LogP contribution < -0.4 is 11.1 Å². The highest BCUT2D eigenvalue weighted by Gasteiger charge is 2.11. The van der Waals surface area contributed by atoms with Gasteiger partial charge in [0.05, 0.1) is 18.4 Å². The normalized spacial score (nSPS) is 12.3. The number of nitrogens with two attached hydrogens (primary N) is 1. The molecule has 2 aromatic heterocycles. The lowest BCUT2D eigenvalue weighted by Gasteiger charge is -2.12. The number of aromatic nitrogens is 3. The second kappa shape index (κ2) is 5.18. The van der Waals surface area contributed by atoms with Crippen molar-refractivity contribution in [2.45, 2.75) is 19.9 Å². The number of hydrogen-bond acceptors (Lipinski definition) is 5. The average molecular weight is 265 g/mol. The summed E-state index contributed by atoms with van der Waals surface area (Å²) in [5, 5.41) is 7.44. The van der Waals surface area contributed by atoms with E-state index in [9.17, 15) is 4.79 Å². The predicted octanol–water partition coefficient (Wildman–Crippen LogP) is 1.22. The molecule has 1 amide bonds. The fourth-order valence-corrected chi connectivity index (χ4v) is 2.09. The van der Waals surface area contributed by atoms with Crippen LogP contribution in [0.3, 0.4) is 0 Å². The van der Waals surface area contributed by atoms with Crippen molar-refractivity contribution in [2.75, 3.05) is 12.3 Å². The lowest BCUT2D eigenvalue weighted by Crippen LogP contribution is -2.29. The third kappa shape index (κ3) is 2.86. The van der Waals surface area contributed by atoms with Crippen molar-refractivity contribution in [3.63, 3.8) is 0 Å². The van der Waals surface area contributed by atoms with Crippen molar-refractivity contribution in [3.05, 3.63) is 29.0 Å². The zero-order valence-electron chi connectivity index (χ0n) is 10.3. The Hall–Kier alpha value is -1.89. The number of nitrogens with one attached hydrogen (secondary N) is 1. The summed E-state index contributed by atoms with van der Waals surface area (Å²) in [4.78, 5) is 16.1. The molecule has 18 heavy (non-hydrogen) atoms. The molecule has 3 N–H and O–H groups in total. The van der Waals surface area contributed by atoms with E-state index in [4.69, 9.17) is 5.73 Å². The predicted molar refractivity (Wildman–Crippen MR) is 70.5 cm³/mol. The lowest BCUT2D eigenvalue weighted by molar-refractivity contribution is 0.0952. The summed E-state index contributed by atoms with van der Waals surface area (Å²) in [6.45, 7) is 4.49. The number of anilines is 1. The highest BCUT2D eigenvalue weighted by molar-refractivity contribution is 7.17. The molecule has 0 aliphatic carbocycles. The standard InChI is InChI=1S/C11H15N5OS/c1-7-3-15-16(6-7)8(2)4-13-10(17)9-5-14-11(12)18-9/h3,5-6,8H,4H2,1-2H3,(H2,12,14)(H,13,17). The van der Waals surface area contributed by atoms with Gasteiger partial charge in [-0.2, -0.15) is 5.10 Å². The van der Waals surface area contributed by atoms with E-state index in [1.807, 2.05) is 24.7 Å². The molecule has 7 heteroatoms. The maximum absolute atomic E-state index is 11.8. The quantitative estimate of drug-likeness (QED) is 0.870. The highest BCUT2D eigenvalue weighted by Crippen LogP contribution is 2.14. The molecule has 6 nitrogen and oxygen atoms in total. The van der Waals surface area contributed by atoms with Gasteiger partial charge in [0.15, 0.2) is 5.13 Å². The van der Waals surface area contributed by atoms with Crippen LogP contribution in [-0.2, 0) is 0 Å². The molecule has 1 unspecified atom stereocenters. The highest BCUT2D eigenvalue weighted by atomic mass is 32.1. The van der Waals surface area contributed by atoms with E-state index in [0.29, 0.717) is 16.6 Å². The lowest BCUT2D eigenvalue weighted by atomic mass is 10.3. The number of amides is 1. The van der Waals surface area contributed by atoms with Crippen LogP contribution >= 0.6 is 11.3 Å². The topological polar surface area (TPSA) is 85.8 Å². The molecule has 2 rings (SSSR count). The third-order valence-electron chi connectivity index (χ3n) is 2.49. The van der Waals surface area contributed by atoms with Crippen LogP contribution in [0.15, 0.2) is 18.6 Å². The fraction of sp³-hybridized carbons (Fsp3) is 0.364. The largest absolute Gasteiger partial charge is 0.375 e. The molecular formula is C11H15N5OS. The van der Waals surface area contributed by atoms with Crippen molar-refractivity contribution < 1.29 is 4.79 Å². The maximum atomic E-state index is 11.8. The Morgan fingerprint density at radius 3 is 2.94 bits per heavy atom. The van der Waals surface area contributed by atoms with Crippen LogP contribution in [0.4, 0.5) is 5.13 Å². The van der Waals surface area contributed by atoms with E-state index in [-0.39, 0.29) is 11.9 Å². The van der Waals surface area contributed by atoms with Crippen molar-refractivity contribution in [1.29, 1.82) is 0 Å². The number of carbonyl (C=O) groups is 1. The van der Waals surface area contributed by atoms with Crippen LogP contribution in [0.1, 0.15) is 28.2 Å². The van der Waals surface area contributed by atoms with Crippen molar-refractivity contribution in [3.8, 4) is 0 Å². The molecular weight excluding hydrogens is 250 g/mol. The van der Waals surface area contributed by atoms with Gasteiger partial charge >= 0.3 is 0 Å². The van der Waals surface area contributed by atoms with Crippen molar-refractivity contribution in [2.24, 2.45) is 0 Å². The first kappa shape index (κ1) is 12.6. The van der Waals surface area contributed by atoms with Gasteiger partial charge < -0.3 is 11.1 Å². The molecule has 0 bridgehead atoms. The van der Waals surface area contributed by atoms with Gasteiger partial charge in [-0.15, -0.1) is 0 Å². The zero-order chi connectivity index (χ0) is 13.1. The molecule has 0 aliphatic heterocycles. The number of rotatable bonds is 4. The Morgan fingerprint density at radius 1 is 1.61 bits per heavy atom. The smallest absolute Gasteiger partial charge is 0.263 e. The molecule has 2 heterocycles. The third-order valence-corrected chi connectivity index (χ3v) is 3.31. The van der Waals surface area contributed by atoms with Crippen molar-refractivity contribution in [1.82, 2.24) is 20.1 Å². The van der Waals surface area contributed by atoms with Gasteiger partial charge in [-0.05, 0) is 19.4 Å². The minimum absolute atomic E-state index is 0.105. The van der Waals surface area contributed by atoms with Gasteiger partial charge in [0.2, 0.25) is 0 Å². The summed E-state index contributed by atoms with van der Waals surface area (Å²) < 4.78 is 1.83. The van der Waals surface area contributed by atoms with Crippen LogP contribution in [-0.4, -0.2) is 27.2 Å². The molecule has 1 atom stereocenters. The molecule has 0 spiro atoms. The van der Waals surface area contributed by atoms with Crippen LogP contribution in [0.5, 0.6) is 0 Å². The number of carbonyl (C=O) groups excluding carboxylic acids is 1. The summed E-state index contributed by atoms with van der Waals surface area (Å²) in [7, 11) is 0. The minimum Gasteiger partial charge on any atom is -0.375 e. The van der Waals surface area contributed by atoms with Gasteiger partial charge in [-0.1, -0.05) is 11.3 Å². The molecule has 2 aromatic rings. The second-order valence-electron chi connectivity index (χ2n) is 4.12. The molecule has 0 saturated carbocycles. The zero-order valence-corrected chi connectivity index (χ0v) is 11.1. The van der Waals surface area contributed by atoms with Crippen LogP contribution in [0.2, 0.25) is 0 Å².